The van der Waals surface area contributed by atoms with Crippen LogP contribution in [0, 0.1) is 0 Å². The molecule has 0 saturated carbocycles. The molecular formula is C17H15N7OS. The number of fused-ring (bicyclic) bond motifs is 2. The van der Waals surface area contributed by atoms with Gasteiger partial charge in [0, 0.05) is 24.7 Å². The van der Waals surface area contributed by atoms with E-state index in [0.717, 1.165) is 41.2 Å². The van der Waals surface area contributed by atoms with Crippen molar-refractivity contribution in [2.45, 2.75) is 12.5 Å². The van der Waals surface area contributed by atoms with Gasteiger partial charge < -0.3 is 10.2 Å². The molecule has 0 radical (unpaired) electrons. The zero-order chi connectivity index (χ0) is 17.5. The van der Waals surface area contributed by atoms with Crippen LogP contribution in [0.1, 0.15) is 16.8 Å². The number of nitrogens with one attached hydrogen (secondary N) is 1. The lowest BCUT2D eigenvalue weighted by molar-refractivity contribution is 0.0940. The summed E-state index contributed by atoms with van der Waals surface area (Å²) in [7, 11) is 0. The van der Waals surface area contributed by atoms with Gasteiger partial charge in [0.25, 0.3) is 5.91 Å². The van der Waals surface area contributed by atoms with E-state index >= 15 is 0 Å². The van der Waals surface area contributed by atoms with Crippen LogP contribution in [0.15, 0.2) is 42.2 Å². The predicted octanol–water partition coefficient (Wildman–Crippen LogP) is 1.74. The third-order valence-corrected chi connectivity index (χ3v) is 5.38. The first-order chi connectivity index (χ1) is 12.8. The van der Waals surface area contributed by atoms with Crippen molar-refractivity contribution >= 4 is 38.9 Å². The fraction of sp³-hybridized carbons (Fsp3) is 0.235. The Bertz CT molecular complexity index is 1100. The van der Waals surface area contributed by atoms with Crippen molar-refractivity contribution < 1.29 is 4.79 Å². The number of rotatable bonds is 3. The molecule has 9 heteroatoms. The van der Waals surface area contributed by atoms with Crippen LogP contribution in [0.5, 0.6) is 0 Å². The van der Waals surface area contributed by atoms with Gasteiger partial charge in [0.05, 0.1) is 15.7 Å². The fourth-order valence-electron chi connectivity index (χ4n) is 3.24. The molecule has 130 valence electrons. The number of carbonyl (C=O) groups is 1. The van der Waals surface area contributed by atoms with Crippen LogP contribution in [-0.4, -0.2) is 49.8 Å². The third-order valence-electron chi connectivity index (χ3n) is 4.59. The van der Waals surface area contributed by atoms with E-state index in [1.807, 2.05) is 30.3 Å². The molecule has 0 aliphatic carbocycles. The third kappa shape index (κ3) is 2.66. The summed E-state index contributed by atoms with van der Waals surface area (Å²) in [5.41, 5.74) is 4.11. The molecule has 1 aliphatic heterocycles. The first-order valence-electron chi connectivity index (χ1n) is 8.32. The Labute approximate surface area is 152 Å². The van der Waals surface area contributed by atoms with Crippen LogP contribution in [0.2, 0.25) is 0 Å². The van der Waals surface area contributed by atoms with E-state index < -0.39 is 0 Å². The number of thiazole rings is 1. The predicted molar refractivity (Wildman–Crippen MR) is 98.5 cm³/mol. The maximum atomic E-state index is 12.6. The van der Waals surface area contributed by atoms with E-state index in [4.69, 9.17) is 0 Å². The van der Waals surface area contributed by atoms with Crippen LogP contribution in [0.4, 0.5) is 5.82 Å². The first kappa shape index (κ1) is 15.2. The quantitative estimate of drug-likeness (QED) is 0.595. The number of benzene rings is 1. The minimum Gasteiger partial charge on any atom is -0.353 e. The van der Waals surface area contributed by atoms with Gasteiger partial charge in [0.15, 0.2) is 5.65 Å². The van der Waals surface area contributed by atoms with E-state index in [-0.39, 0.29) is 11.9 Å². The molecule has 5 rings (SSSR count). The second-order valence-corrected chi connectivity index (χ2v) is 7.15. The highest BCUT2D eigenvalue weighted by Gasteiger charge is 2.25. The summed E-state index contributed by atoms with van der Waals surface area (Å²) in [4.78, 5) is 19.0. The Morgan fingerprint density at radius 3 is 3.19 bits per heavy atom. The van der Waals surface area contributed by atoms with Crippen molar-refractivity contribution in [3.8, 4) is 0 Å². The molecule has 4 aromatic rings. The fourth-order valence-corrected chi connectivity index (χ4v) is 3.95. The Kier molecular flexibility index (Phi) is 3.52. The van der Waals surface area contributed by atoms with Crippen LogP contribution in [-0.2, 0) is 0 Å². The summed E-state index contributed by atoms with van der Waals surface area (Å²) in [6.45, 7) is 1.58. The summed E-state index contributed by atoms with van der Waals surface area (Å²) >= 11 is 1.54. The zero-order valence-corrected chi connectivity index (χ0v) is 14.6. The van der Waals surface area contributed by atoms with E-state index in [0.29, 0.717) is 5.56 Å². The van der Waals surface area contributed by atoms with Gasteiger partial charge in [-0.25, -0.2) is 4.98 Å². The molecule has 0 spiro atoms. The Hall–Kier alpha value is -3.07. The molecule has 1 fully saturated rings. The molecule has 1 saturated heterocycles. The van der Waals surface area contributed by atoms with Crippen molar-refractivity contribution in [3.05, 3.63) is 47.7 Å². The lowest BCUT2D eigenvalue weighted by Crippen LogP contribution is -2.37. The molecule has 1 aliphatic rings. The van der Waals surface area contributed by atoms with Crippen LogP contribution in [0.3, 0.4) is 0 Å². The monoisotopic (exact) mass is 365 g/mol. The standard InChI is InChI=1S/C17H15N7OS/c25-17(11-1-2-13-14(7-11)26-10-18-13)20-12-5-6-23(8-12)16-4-3-15-21-19-9-24(15)22-16/h1-4,7,9-10,12H,5-6,8H2,(H,20,25)/t12-/m0/s1. The molecule has 1 amide bonds. The number of carbonyl (C=O) groups excluding carboxylic acids is 1. The Morgan fingerprint density at radius 1 is 1.27 bits per heavy atom. The van der Waals surface area contributed by atoms with E-state index in [1.54, 1.807) is 27.7 Å². The molecule has 1 atom stereocenters. The zero-order valence-electron chi connectivity index (χ0n) is 13.7. The summed E-state index contributed by atoms with van der Waals surface area (Å²) in [6.07, 6.45) is 2.47. The van der Waals surface area contributed by atoms with Gasteiger partial charge in [-0.1, -0.05) is 0 Å². The molecule has 1 aromatic carbocycles. The van der Waals surface area contributed by atoms with Gasteiger partial charge in [-0.2, -0.15) is 4.52 Å². The van der Waals surface area contributed by atoms with E-state index in [1.165, 1.54) is 0 Å². The van der Waals surface area contributed by atoms with Crippen LogP contribution < -0.4 is 10.2 Å². The average Bonchev–Trinajstić information content (AvgIpc) is 3.40. The number of nitrogens with zero attached hydrogens (tertiary/aromatic N) is 6. The van der Waals surface area contributed by atoms with Crippen molar-refractivity contribution in [1.82, 2.24) is 30.1 Å². The molecule has 8 nitrogen and oxygen atoms in total. The highest BCUT2D eigenvalue weighted by molar-refractivity contribution is 7.16. The maximum Gasteiger partial charge on any atom is 0.251 e. The topological polar surface area (TPSA) is 88.3 Å². The average molecular weight is 365 g/mol. The summed E-state index contributed by atoms with van der Waals surface area (Å²) in [6, 6.07) is 9.54. The minimum atomic E-state index is -0.0469. The summed E-state index contributed by atoms with van der Waals surface area (Å²) in [5, 5.41) is 15.5. The van der Waals surface area contributed by atoms with Gasteiger partial charge in [-0.3, -0.25) is 4.79 Å². The largest absolute Gasteiger partial charge is 0.353 e. The number of aromatic nitrogens is 5. The smallest absolute Gasteiger partial charge is 0.251 e. The minimum absolute atomic E-state index is 0.0469. The highest BCUT2D eigenvalue weighted by Crippen LogP contribution is 2.21. The van der Waals surface area contributed by atoms with Crippen LogP contribution >= 0.6 is 11.3 Å². The number of hydrogen-bond donors (Lipinski definition) is 1. The van der Waals surface area contributed by atoms with Crippen molar-refractivity contribution in [1.29, 1.82) is 0 Å². The normalized spacial score (nSPS) is 17.2. The molecule has 4 heterocycles. The van der Waals surface area contributed by atoms with Gasteiger partial charge in [-0.15, -0.1) is 26.6 Å². The SMILES string of the molecule is O=C(N[C@H]1CCN(c2ccc3nncn3n2)C1)c1ccc2ncsc2c1. The van der Waals surface area contributed by atoms with Crippen molar-refractivity contribution in [2.75, 3.05) is 18.0 Å². The number of amides is 1. The maximum absolute atomic E-state index is 12.6. The van der Waals surface area contributed by atoms with Crippen molar-refractivity contribution in [2.24, 2.45) is 0 Å². The molecular weight excluding hydrogens is 350 g/mol. The molecule has 1 N–H and O–H groups in total. The number of anilines is 1. The Morgan fingerprint density at radius 2 is 2.23 bits per heavy atom. The van der Waals surface area contributed by atoms with Gasteiger partial charge in [0.2, 0.25) is 0 Å². The lowest BCUT2D eigenvalue weighted by atomic mass is 10.2. The summed E-state index contributed by atoms with van der Waals surface area (Å²) < 4.78 is 2.68. The molecule has 3 aromatic heterocycles. The highest BCUT2D eigenvalue weighted by atomic mass is 32.1. The number of hydrogen-bond acceptors (Lipinski definition) is 7. The van der Waals surface area contributed by atoms with Crippen LogP contribution in [0.25, 0.3) is 15.9 Å². The van der Waals surface area contributed by atoms with Gasteiger partial charge in [-0.05, 0) is 36.8 Å². The summed E-state index contributed by atoms with van der Waals surface area (Å²) in [5.74, 6) is 0.814. The van der Waals surface area contributed by atoms with Gasteiger partial charge >= 0.3 is 0 Å². The second-order valence-electron chi connectivity index (χ2n) is 6.27. The first-order valence-corrected chi connectivity index (χ1v) is 9.20. The Balaban J connectivity index is 1.28. The van der Waals surface area contributed by atoms with Crippen molar-refractivity contribution in [3.63, 3.8) is 0 Å². The van der Waals surface area contributed by atoms with Gasteiger partial charge in [0.1, 0.15) is 12.1 Å². The van der Waals surface area contributed by atoms with E-state index in [2.05, 4.69) is 30.5 Å². The molecule has 26 heavy (non-hydrogen) atoms. The van der Waals surface area contributed by atoms with E-state index in [9.17, 15) is 4.79 Å². The second kappa shape index (κ2) is 6.03. The lowest BCUT2D eigenvalue weighted by Gasteiger charge is -2.17. The molecule has 0 unspecified atom stereocenters. The molecule has 0 bridgehead atoms.